The van der Waals surface area contributed by atoms with Crippen LogP contribution in [0.5, 0.6) is 0 Å². The summed E-state index contributed by atoms with van der Waals surface area (Å²) in [6.45, 7) is 4.26. The summed E-state index contributed by atoms with van der Waals surface area (Å²) in [7, 11) is 1.97. The molecule has 0 aliphatic heterocycles. The first-order valence-electron chi connectivity index (χ1n) is 5.60. The van der Waals surface area contributed by atoms with Crippen molar-refractivity contribution in [2.75, 3.05) is 7.05 Å². The van der Waals surface area contributed by atoms with Crippen LogP contribution in [0.1, 0.15) is 27.6 Å². The average molecular weight is 266 g/mol. The molecule has 0 saturated carbocycles. The maximum atomic E-state index is 6.23. The van der Waals surface area contributed by atoms with E-state index in [-0.39, 0.29) is 6.04 Å². The molecular formula is C14H16ClNS. The Morgan fingerprint density at radius 1 is 1.24 bits per heavy atom. The summed E-state index contributed by atoms with van der Waals surface area (Å²) in [5.41, 5.74) is 3.87. The SMILES string of the molecule is CNC(c1cc(C)ccc1C)c1sccc1Cl. The molecule has 3 heteroatoms. The lowest BCUT2D eigenvalue weighted by atomic mass is 9.98. The molecule has 0 aliphatic rings. The number of thiophene rings is 1. The highest BCUT2D eigenvalue weighted by Gasteiger charge is 2.18. The minimum atomic E-state index is 0.183. The fourth-order valence-corrected chi connectivity index (χ4v) is 3.30. The van der Waals surface area contributed by atoms with Gasteiger partial charge in [-0.25, -0.2) is 0 Å². The van der Waals surface area contributed by atoms with E-state index in [9.17, 15) is 0 Å². The molecule has 2 rings (SSSR count). The summed E-state index contributed by atoms with van der Waals surface area (Å²) >= 11 is 7.92. The molecular weight excluding hydrogens is 250 g/mol. The van der Waals surface area contributed by atoms with Crippen LogP contribution in [0.2, 0.25) is 5.02 Å². The fraction of sp³-hybridized carbons (Fsp3) is 0.286. The third-order valence-electron chi connectivity index (χ3n) is 2.94. The van der Waals surface area contributed by atoms with E-state index in [0.29, 0.717) is 0 Å². The Labute approximate surface area is 111 Å². The molecule has 0 amide bonds. The van der Waals surface area contributed by atoms with E-state index in [4.69, 9.17) is 11.6 Å². The molecule has 1 aromatic carbocycles. The normalized spacial score (nSPS) is 12.7. The average Bonchev–Trinajstić information content (AvgIpc) is 2.71. The van der Waals surface area contributed by atoms with Crippen molar-refractivity contribution in [3.05, 3.63) is 56.2 Å². The number of aryl methyl sites for hydroxylation is 2. The zero-order valence-electron chi connectivity index (χ0n) is 10.3. The Hall–Kier alpha value is -0.830. The third kappa shape index (κ3) is 2.54. The largest absolute Gasteiger partial charge is 0.309 e. The lowest BCUT2D eigenvalue weighted by Crippen LogP contribution is -2.18. The van der Waals surface area contributed by atoms with Crippen molar-refractivity contribution < 1.29 is 0 Å². The van der Waals surface area contributed by atoms with Crippen LogP contribution in [-0.4, -0.2) is 7.05 Å². The van der Waals surface area contributed by atoms with Gasteiger partial charge in [0.05, 0.1) is 11.1 Å². The Morgan fingerprint density at radius 3 is 2.59 bits per heavy atom. The van der Waals surface area contributed by atoms with Crippen LogP contribution in [0.15, 0.2) is 29.6 Å². The van der Waals surface area contributed by atoms with Crippen LogP contribution in [-0.2, 0) is 0 Å². The Bertz CT molecular complexity index is 519. The Kier molecular flexibility index (Phi) is 3.87. The molecule has 0 bridgehead atoms. The van der Waals surface area contributed by atoms with E-state index in [1.165, 1.54) is 21.6 Å². The van der Waals surface area contributed by atoms with E-state index in [0.717, 1.165) is 5.02 Å². The van der Waals surface area contributed by atoms with E-state index < -0.39 is 0 Å². The van der Waals surface area contributed by atoms with E-state index in [1.807, 2.05) is 18.5 Å². The maximum Gasteiger partial charge on any atom is 0.0686 e. The zero-order chi connectivity index (χ0) is 12.4. The summed E-state index contributed by atoms with van der Waals surface area (Å²) < 4.78 is 0. The molecule has 0 aliphatic carbocycles. The minimum absolute atomic E-state index is 0.183. The highest BCUT2D eigenvalue weighted by atomic mass is 35.5. The van der Waals surface area contributed by atoms with Gasteiger partial charge in [-0.1, -0.05) is 35.4 Å². The number of hydrogen-bond acceptors (Lipinski definition) is 2. The zero-order valence-corrected chi connectivity index (χ0v) is 11.8. The van der Waals surface area contributed by atoms with Crippen LogP contribution in [0.25, 0.3) is 0 Å². The molecule has 17 heavy (non-hydrogen) atoms. The van der Waals surface area contributed by atoms with Gasteiger partial charge in [0, 0.05) is 4.88 Å². The smallest absolute Gasteiger partial charge is 0.0686 e. The molecule has 1 N–H and O–H groups in total. The molecule has 0 radical (unpaired) electrons. The molecule has 1 unspecified atom stereocenters. The quantitative estimate of drug-likeness (QED) is 0.871. The number of nitrogens with one attached hydrogen (secondary N) is 1. The second-order valence-electron chi connectivity index (χ2n) is 4.21. The molecule has 0 saturated heterocycles. The van der Waals surface area contributed by atoms with Crippen LogP contribution in [0, 0.1) is 13.8 Å². The Balaban J connectivity index is 2.49. The van der Waals surface area contributed by atoms with Gasteiger partial charge >= 0.3 is 0 Å². The third-order valence-corrected chi connectivity index (χ3v) is 4.36. The second-order valence-corrected chi connectivity index (χ2v) is 5.57. The maximum absolute atomic E-state index is 6.23. The van der Waals surface area contributed by atoms with Crippen molar-refractivity contribution in [1.82, 2.24) is 5.32 Å². The van der Waals surface area contributed by atoms with E-state index in [2.05, 4.69) is 37.4 Å². The predicted octanol–water partition coefficient (Wildman–Crippen LogP) is 4.33. The first-order chi connectivity index (χ1) is 8.13. The van der Waals surface area contributed by atoms with Crippen LogP contribution >= 0.6 is 22.9 Å². The summed E-state index contributed by atoms with van der Waals surface area (Å²) in [6, 6.07) is 8.67. The van der Waals surface area contributed by atoms with Gasteiger partial charge < -0.3 is 5.32 Å². The monoisotopic (exact) mass is 265 g/mol. The van der Waals surface area contributed by atoms with Crippen LogP contribution in [0.3, 0.4) is 0 Å². The predicted molar refractivity (Wildman–Crippen MR) is 76.1 cm³/mol. The molecule has 0 spiro atoms. The molecule has 1 atom stereocenters. The van der Waals surface area contributed by atoms with Crippen molar-refractivity contribution in [2.45, 2.75) is 19.9 Å². The van der Waals surface area contributed by atoms with Crippen LogP contribution in [0.4, 0.5) is 0 Å². The topological polar surface area (TPSA) is 12.0 Å². The summed E-state index contributed by atoms with van der Waals surface area (Å²) in [5, 5.41) is 6.23. The number of benzene rings is 1. The van der Waals surface area contributed by atoms with Gasteiger partial charge in [-0.2, -0.15) is 0 Å². The molecule has 2 aromatic rings. The van der Waals surface area contributed by atoms with Crippen LogP contribution < -0.4 is 5.32 Å². The van der Waals surface area contributed by atoms with E-state index >= 15 is 0 Å². The van der Waals surface area contributed by atoms with Gasteiger partial charge in [-0.15, -0.1) is 11.3 Å². The summed E-state index contributed by atoms with van der Waals surface area (Å²) in [6.07, 6.45) is 0. The molecule has 1 heterocycles. The van der Waals surface area contributed by atoms with Gasteiger partial charge in [0.15, 0.2) is 0 Å². The van der Waals surface area contributed by atoms with Crippen molar-refractivity contribution in [1.29, 1.82) is 0 Å². The molecule has 90 valence electrons. The van der Waals surface area contributed by atoms with E-state index in [1.54, 1.807) is 11.3 Å². The van der Waals surface area contributed by atoms with Crippen molar-refractivity contribution in [2.24, 2.45) is 0 Å². The Morgan fingerprint density at radius 2 is 2.00 bits per heavy atom. The van der Waals surface area contributed by atoms with Crippen molar-refractivity contribution in [3.63, 3.8) is 0 Å². The first-order valence-corrected chi connectivity index (χ1v) is 6.86. The second kappa shape index (κ2) is 5.21. The first kappa shape index (κ1) is 12.6. The van der Waals surface area contributed by atoms with Gasteiger partial charge in [-0.05, 0) is 43.5 Å². The lowest BCUT2D eigenvalue weighted by molar-refractivity contribution is 0.699. The highest BCUT2D eigenvalue weighted by molar-refractivity contribution is 7.10. The standard InChI is InChI=1S/C14H16ClNS/c1-9-4-5-10(2)11(8-9)13(16-3)14-12(15)6-7-17-14/h4-8,13,16H,1-3H3. The van der Waals surface area contributed by atoms with Gasteiger partial charge in [0.2, 0.25) is 0 Å². The molecule has 1 aromatic heterocycles. The van der Waals surface area contributed by atoms with Gasteiger partial charge in [0.25, 0.3) is 0 Å². The summed E-state index contributed by atoms with van der Waals surface area (Å²) in [5.74, 6) is 0. The number of hydrogen-bond donors (Lipinski definition) is 1. The summed E-state index contributed by atoms with van der Waals surface area (Å²) in [4.78, 5) is 1.18. The molecule has 0 fully saturated rings. The fourth-order valence-electron chi connectivity index (χ4n) is 2.01. The minimum Gasteiger partial charge on any atom is -0.309 e. The van der Waals surface area contributed by atoms with Gasteiger partial charge in [0.1, 0.15) is 0 Å². The number of halogens is 1. The van der Waals surface area contributed by atoms with Crippen molar-refractivity contribution >= 4 is 22.9 Å². The highest BCUT2D eigenvalue weighted by Crippen LogP contribution is 2.34. The molecule has 1 nitrogen and oxygen atoms in total. The van der Waals surface area contributed by atoms with Gasteiger partial charge in [-0.3, -0.25) is 0 Å². The lowest BCUT2D eigenvalue weighted by Gasteiger charge is -2.18. The van der Waals surface area contributed by atoms with Crippen molar-refractivity contribution in [3.8, 4) is 0 Å². The number of rotatable bonds is 3.